The molecule has 0 aromatic heterocycles. The van der Waals surface area contributed by atoms with Gasteiger partial charge in [-0.2, -0.15) is 0 Å². The molecule has 4 nitrogen and oxygen atoms in total. The van der Waals surface area contributed by atoms with Crippen molar-refractivity contribution in [3.05, 3.63) is 10.1 Å². The summed E-state index contributed by atoms with van der Waals surface area (Å²) >= 11 is 3.20. The van der Waals surface area contributed by atoms with Crippen LogP contribution in [0.5, 0.6) is 0 Å². The van der Waals surface area contributed by atoms with Gasteiger partial charge >= 0.3 is 5.97 Å². The molecule has 1 aliphatic rings. The number of hydroxylamine groups is 2. The molecule has 14 heavy (non-hydrogen) atoms. The summed E-state index contributed by atoms with van der Waals surface area (Å²) in [5.74, 6) is -1.05. The van der Waals surface area contributed by atoms with Gasteiger partial charge in [0.05, 0.1) is 16.7 Å². The number of carbonyl (C=O) groups is 1. The zero-order valence-corrected chi connectivity index (χ0v) is 10.2. The topological polar surface area (TPSA) is 60.4 Å². The van der Waals surface area contributed by atoms with E-state index in [1.54, 1.807) is 27.7 Å². The number of carboxylic acids is 1. The zero-order chi connectivity index (χ0) is 11.3. The molecule has 0 aromatic carbocycles. The number of hydrogen-bond donors (Lipinski definition) is 1. The average molecular weight is 263 g/mol. The van der Waals surface area contributed by atoms with E-state index in [1.165, 1.54) is 0 Å². The Labute approximate surface area is 91.3 Å². The summed E-state index contributed by atoms with van der Waals surface area (Å²) in [5, 5.41) is 21.7. The Morgan fingerprint density at radius 1 is 1.29 bits per heavy atom. The molecule has 1 rings (SSSR count). The van der Waals surface area contributed by atoms with Crippen molar-refractivity contribution < 1.29 is 15.1 Å². The van der Waals surface area contributed by atoms with Crippen molar-refractivity contribution in [1.29, 1.82) is 0 Å². The number of carboxylic acid groups (broad SMARTS) is 1. The minimum absolute atomic E-state index is 0.137. The molecule has 0 fully saturated rings. The van der Waals surface area contributed by atoms with Gasteiger partial charge in [0.2, 0.25) is 0 Å². The van der Waals surface area contributed by atoms with Crippen molar-refractivity contribution >= 4 is 21.9 Å². The molecule has 0 atom stereocenters. The summed E-state index contributed by atoms with van der Waals surface area (Å²) in [7, 11) is 0. The van der Waals surface area contributed by atoms with Crippen molar-refractivity contribution in [2.45, 2.75) is 38.8 Å². The van der Waals surface area contributed by atoms with Gasteiger partial charge in [0.15, 0.2) is 0 Å². The van der Waals surface area contributed by atoms with Crippen LogP contribution in [0.4, 0.5) is 0 Å². The van der Waals surface area contributed by atoms with Crippen molar-refractivity contribution in [1.82, 2.24) is 5.06 Å². The number of hydrogen-bond acceptors (Lipinski definition) is 2. The first kappa shape index (κ1) is 11.7. The highest BCUT2D eigenvalue weighted by Crippen LogP contribution is 2.46. The first-order valence-electron chi connectivity index (χ1n) is 4.25. The largest absolute Gasteiger partial charge is 0.478 e. The minimum Gasteiger partial charge on any atom is -0.478 e. The molecule has 0 aliphatic carbocycles. The fraction of sp³-hybridized carbons (Fsp3) is 0.667. The van der Waals surface area contributed by atoms with Gasteiger partial charge in [-0.15, -0.1) is 10.3 Å². The van der Waals surface area contributed by atoms with Gasteiger partial charge in [0, 0.05) is 4.48 Å². The van der Waals surface area contributed by atoms with Crippen LogP contribution < -0.4 is 0 Å². The molecule has 0 bridgehead atoms. The van der Waals surface area contributed by atoms with Gasteiger partial charge in [-0.3, -0.25) is 0 Å². The maximum Gasteiger partial charge on any atom is 0.334 e. The van der Waals surface area contributed by atoms with Crippen LogP contribution in [0.3, 0.4) is 0 Å². The van der Waals surface area contributed by atoms with Crippen LogP contribution in [0, 0.1) is 0 Å². The third-order valence-corrected chi connectivity index (χ3v) is 3.96. The second-order valence-corrected chi connectivity index (χ2v) is 5.20. The van der Waals surface area contributed by atoms with Crippen molar-refractivity contribution in [3.63, 3.8) is 0 Å². The summed E-state index contributed by atoms with van der Waals surface area (Å²) < 4.78 is 0.456. The molecule has 0 saturated heterocycles. The smallest absolute Gasteiger partial charge is 0.334 e. The van der Waals surface area contributed by atoms with Crippen molar-refractivity contribution in [3.8, 4) is 0 Å². The zero-order valence-electron chi connectivity index (χ0n) is 8.59. The van der Waals surface area contributed by atoms with Gasteiger partial charge < -0.3 is 5.11 Å². The molecule has 0 aromatic rings. The van der Waals surface area contributed by atoms with Crippen LogP contribution >= 0.6 is 15.9 Å². The highest BCUT2D eigenvalue weighted by molar-refractivity contribution is 9.11. The summed E-state index contributed by atoms with van der Waals surface area (Å²) in [6.07, 6.45) is 0. The third-order valence-electron chi connectivity index (χ3n) is 2.60. The normalized spacial score (nSPS) is 25.6. The number of rotatable bonds is 1. The summed E-state index contributed by atoms with van der Waals surface area (Å²) in [4.78, 5) is 11.0. The van der Waals surface area contributed by atoms with Crippen LogP contribution in [-0.4, -0.2) is 27.2 Å². The Balaban J connectivity index is 3.37. The number of nitrogens with zero attached hydrogens (tertiary/aromatic N) is 1. The lowest BCUT2D eigenvalue weighted by Crippen LogP contribution is -2.48. The standard InChI is InChI=1S/C9H13BrNO3/c1-8(2)5(7(12)13)6(10)9(3,4)11(8)14/h1-4H3,(H,12,13). The minimum atomic E-state index is -1.05. The van der Waals surface area contributed by atoms with Gasteiger partial charge in [0.25, 0.3) is 0 Å². The van der Waals surface area contributed by atoms with E-state index in [1.807, 2.05) is 0 Å². The van der Waals surface area contributed by atoms with E-state index in [0.29, 0.717) is 4.48 Å². The monoisotopic (exact) mass is 262 g/mol. The lowest BCUT2D eigenvalue weighted by molar-refractivity contribution is -0.239. The quantitative estimate of drug-likeness (QED) is 0.786. The maximum atomic E-state index is 11.9. The van der Waals surface area contributed by atoms with E-state index < -0.39 is 17.0 Å². The van der Waals surface area contributed by atoms with Gasteiger partial charge in [-0.05, 0) is 27.7 Å². The molecule has 0 saturated carbocycles. The number of halogens is 1. The molecular weight excluding hydrogens is 250 g/mol. The first-order chi connectivity index (χ1) is 6.13. The van der Waals surface area contributed by atoms with E-state index in [4.69, 9.17) is 5.11 Å². The summed E-state index contributed by atoms with van der Waals surface area (Å²) in [5.41, 5.74) is -1.66. The van der Waals surface area contributed by atoms with E-state index in [-0.39, 0.29) is 5.57 Å². The first-order valence-corrected chi connectivity index (χ1v) is 5.04. The van der Waals surface area contributed by atoms with Crippen LogP contribution in [0.15, 0.2) is 10.1 Å². The lowest BCUT2D eigenvalue weighted by Gasteiger charge is -2.33. The fourth-order valence-corrected chi connectivity index (χ4v) is 2.64. The van der Waals surface area contributed by atoms with Gasteiger partial charge in [-0.25, -0.2) is 4.79 Å². The lowest BCUT2D eigenvalue weighted by atomic mass is 9.97. The molecule has 0 unspecified atom stereocenters. The van der Waals surface area contributed by atoms with Crippen molar-refractivity contribution in [2.75, 3.05) is 0 Å². The SMILES string of the molecule is CC1(C)C(Br)=C(C(=O)O)C(C)(C)N1[O]. The van der Waals surface area contributed by atoms with E-state index in [9.17, 15) is 10.0 Å². The molecule has 1 radical (unpaired) electrons. The average Bonchev–Trinajstić information content (AvgIpc) is 2.10. The highest BCUT2D eigenvalue weighted by Gasteiger charge is 2.53. The van der Waals surface area contributed by atoms with Crippen LogP contribution in [-0.2, 0) is 10.0 Å². The Hall–Kier alpha value is -0.390. The molecule has 1 N–H and O–H groups in total. The molecular formula is C9H13BrNO3. The molecule has 1 heterocycles. The predicted molar refractivity (Wildman–Crippen MR) is 54.3 cm³/mol. The predicted octanol–water partition coefficient (Wildman–Crippen LogP) is 1.94. The maximum absolute atomic E-state index is 11.9. The van der Waals surface area contributed by atoms with Gasteiger partial charge in [0.1, 0.15) is 0 Å². The Bertz CT molecular complexity index is 320. The Morgan fingerprint density at radius 2 is 1.71 bits per heavy atom. The second-order valence-electron chi connectivity index (χ2n) is 4.41. The van der Waals surface area contributed by atoms with Crippen molar-refractivity contribution in [2.24, 2.45) is 0 Å². The molecule has 79 valence electrons. The van der Waals surface area contributed by atoms with E-state index in [2.05, 4.69) is 15.9 Å². The fourth-order valence-electron chi connectivity index (χ4n) is 1.82. The third kappa shape index (κ3) is 1.31. The van der Waals surface area contributed by atoms with Crippen LogP contribution in [0.25, 0.3) is 0 Å². The molecule has 1 aliphatic heterocycles. The molecule has 0 amide bonds. The van der Waals surface area contributed by atoms with Crippen LogP contribution in [0.2, 0.25) is 0 Å². The van der Waals surface area contributed by atoms with Crippen LogP contribution in [0.1, 0.15) is 27.7 Å². The van der Waals surface area contributed by atoms with E-state index >= 15 is 0 Å². The Kier molecular flexibility index (Phi) is 2.54. The second kappa shape index (κ2) is 3.05. The summed E-state index contributed by atoms with van der Waals surface area (Å²) in [6.45, 7) is 6.61. The summed E-state index contributed by atoms with van der Waals surface area (Å²) in [6, 6.07) is 0. The highest BCUT2D eigenvalue weighted by atomic mass is 79.9. The number of aliphatic carboxylic acids is 1. The van der Waals surface area contributed by atoms with E-state index in [0.717, 1.165) is 5.06 Å². The molecule has 5 heteroatoms. The van der Waals surface area contributed by atoms with Gasteiger partial charge in [-0.1, -0.05) is 15.9 Å². The Morgan fingerprint density at radius 3 is 1.86 bits per heavy atom. The molecule has 0 spiro atoms.